The van der Waals surface area contributed by atoms with Gasteiger partial charge in [0.15, 0.2) is 6.29 Å². The number of aliphatic hydroxyl groups is 6. The van der Waals surface area contributed by atoms with Crippen molar-refractivity contribution in [2.45, 2.75) is 141 Å². The zero-order valence-electron chi connectivity index (χ0n) is 28.1. The van der Waals surface area contributed by atoms with E-state index in [-0.39, 0.29) is 77.3 Å². The van der Waals surface area contributed by atoms with Gasteiger partial charge in [-0.25, -0.2) is 8.42 Å². The van der Waals surface area contributed by atoms with E-state index in [9.17, 15) is 43.6 Å². The molecule has 4 saturated carbocycles. The Bertz CT molecular complexity index is 1140. The minimum atomic E-state index is -5.04. The summed E-state index contributed by atoms with van der Waals surface area (Å²) in [6, 6.07) is 0. The van der Waals surface area contributed by atoms with E-state index in [1.54, 1.807) is 0 Å². The molecule has 1 aliphatic heterocycles. The van der Waals surface area contributed by atoms with Crippen LogP contribution >= 0.6 is 0 Å². The Labute approximate surface area is 295 Å². The van der Waals surface area contributed by atoms with Crippen molar-refractivity contribution in [3.63, 3.8) is 0 Å². The monoisotopic (exact) mass is 686 g/mol. The summed E-state index contributed by atoms with van der Waals surface area (Å²) in [5, 5.41) is 63.8. The second-order valence-corrected chi connectivity index (χ2v) is 16.9. The SMILES string of the molecule is CC(C)[C@H](CC[C@@H](C)[C@H]1C[C@H](OS(=O)(=O)[O-])C2C3C(CC[C@@]21C)[C@@]1(C)CC[C@H](O)CC1[C@@H](O)[C@H]3O)OC1OCC(O)C(O)C1O.[Na+]. The van der Waals surface area contributed by atoms with Gasteiger partial charge in [0.2, 0.25) is 10.4 Å². The predicted octanol–water partition coefficient (Wildman–Crippen LogP) is -1.70. The van der Waals surface area contributed by atoms with Crippen LogP contribution in [0.4, 0.5) is 0 Å². The Balaban J connectivity index is 0.00000480. The topological polar surface area (TPSA) is 206 Å². The molecule has 4 aliphatic carbocycles. The van der Waals surface area contributed by atoms with Crippen LogP contribution in [0.5, 0.6) is 0 Å². The second-order valence-electron chi connectivity index (χ2n) is 15.9. The van der Waals surface area contributed by atoms with Gasteiger partial charge < -0.3 is 44.7 Å². The molecule has 0 aromatic rings. The van der Waals surface area contributed by atoms with Crippen molar-refractivity contribution in [2.24, 2.45) is 52.3 Å². The third-order valence-electron chi connectivity index (χ3n) is 13.1. The first-order valence-corrected chi connectivity index (χ1v) is 18.2. The van der Waals surface area contributed by atoms with E-state index in [1.807, 2.05) is 13.8 Å². The third kappa shape index (κ3) is 7.30. The summed E-state index contributed by atoms with van der Waals surface area (Å²) in [5.74, 6) is -1.16. The number of ether oxygens (including phenoxy) is 2. The molecule has 0 aromatic heterocycles. The van der Waals surface area contributed by atoms with Crippen LogP contribution in [-0.2, 0) is 24.1 Å². The van der Waals surface area contributed by atoms with Gasteiger partial charge in [-0.3, -0.25) is 4.18 Å². The Morgan fingerprint density at radius 1 is 0.870 bits per heavy atom. The maximum absolute atomic E-state index is 12.0. The fraction of sp³-hybridized carbons (Fsp3) is 1.00. The average Bonchev–Trinajstić information content (AvgIpc) is 3.24. The maximum Gasteiger partial charge on any atom is 1.00 e. The molecular formula is C32H55NaO12S. The van der Waals surface area contributed by atoms with Crippen LogP contribution in [0.1, 0.15) is 86.0 Å². The predicted molar refractivity (Wildman–Crippen MR) is 160 cm³/mol. The minimum Gasteiger partial charge on any atom is -0.726 e. The van der Waals surface area contributed by atoms with Crippen LogP contribution in [0, 0.1) is 52.3 Å². The quantitative estimate of drug-likeness (QED) is 0.0913. The molecule has 46 heavy (non-hydrogen) atoms. The van der Waals surface area contributed by atoms with Gasteiger partial charge in [-0.1, -0.05) is 34.6 Å². The molecule has 12 nitrogen and oxygen atoms in total. The van der Waals surface area contributed by atoms with Crippen LogP contribution in [0.2, 0.25) is 0 Å². The maximum atomic E-state index is 12.0. The number of fused-ring (bicyclic) bond motifs is 5. The summed E-state index contributed by atoms with van der Waals surface area (Å²) < 4.78 is 53.0. The first-order chi connectivity index (χ1) is 20.9. The summed E-state index contributed by atoms with van der Waals surface area (Å²) in [4.78, 5) is 0. The van der Waals surface area contributed by atoms with Gasteiger partial charge in [0.25, 0.3) is 0 Å². The van der Waals surface area contributed by atoms with Gasteiger partial charge >= 0.3 is 29.6 Å². The standard InChI is InChI=1S/C32H56O12S.Na/c1-15(2)22(43-30-29(38)27(36)21(34)14-42-30)7-6-16(3)19-13-23(44-45(39,40)41)25-24-18(9-11-32(19,25)5)31(4)10-8-17(33)12-20(31)26(35)28(24)37;/h15-30,33-38H,6-14H2,1-5H3,(H,39,40,41);/q;+1/p-1/t16-,17+,18?,19-,20?,21?,22+,23+,24?,25?,26-,27?,28+,29?,30?,31-,32-;/m1./s1. The Morgan fingerprint density at radius 3 is 2.15 bits per heavy atom. The van der Waals surface area contributed by atoms with Gasteiger partial charge in [0, 0.05) is 0 Å². The van der Waals surface area contributed by atoms with E-state index in [4.69, 9.17) is 13.7 Å². The molecule has 6 N–H and O–H groups in total. The van der Waals surface area contributed by atoms with Crippen LogP contribution in [-0.4, -0.2) is 105 Å². The van der Waals surface area contributed by atoms with Gasteiger partial charge in [0.05, 0.1) is 37.1 Å². The number of hydrogen-bond acceptors (Lipinski definition) is 12. The molecule has 0 amide bonds. The van der Waals surface area contributed by atoms with E-state index in [2.05, 4.69) is 20.8 Å². The van der Waals surface area contributed by atoms with Gasteiger partial charge in [-0.15, -0.1) is 0 Å². The minimum absolute atomic E-state index is 0. The smallest absolute Gasteiger partial charge is 0.726 e. The van der Waals surface area contributed by atoms with Crippen molar-refractivity contribution in [1.82, 2.24) is 0 Å². The van der Waals surface area contributed by atoms with E-state index in [0.717, 1.165) is 12.8 Å². The van der Waals surface area contributed by atoms with Crippen molar-refractivity contribution in [3.05, 3.63) is 0 Å². The van der Waals surface area contributed by atoms with Gasteiger partial charge in [-0.05, 0) is 104 Å². The molecule has 1 heterocycles. The van der Waals surface area contributed by atoms with Crippen LogP contribution < -0.4 is 29.6 Å². The fourth-order valence-electron chi connectivity index (χ4n) is 10.7. The fourth-order valence-corrected chi connectivity index (χ4v) is 11.2. The molecule has 5 rings (SSSR count). The van der Waals surface area contributed by atoms with Crippen LogP contribution in [0.25, 0.3) is 0 Å². The number of aliphatic hydroxyl groups excluding tert-OH is 6. The summed E-state index contributed by atoms with van der Waals surface area (Å²) in [6.45, 7) is 10.2. The van der Waals surface area contributed by atoms with Crippen molar-refractivity contribution in [3.8, 4) is 0 Å². The molecule has 1 saturated heterocycles. The van der Waals surface area contributed by atoms with Crippen molar-refractivity contribution >= 4 is 10.4 Å². The molecule has 0 spiro atoms. The summed E-state index contributed by atoms with van der Waals surface area (Å²) >= 11 is 0. The van der Waals surface area contributed by atoms with Crippen LogP contribution in [0.3, 0.4) is 0 Å². The van der Waals surface area contributed by atoms with Crippen molar-refractivity contribution in [1.29, 1.82) is 0 Å². The number of hydrogen-bond donors (Lipinski definition) is 6. The number of rotatable bonds is 9. The molecule has 8 unspecified atom stereocenters. The van der Waals surface area contributed by atoms with Gasteiger partial charge in [-0.2, -0.15) is 0 Å². The Kier molecular flexibility index (Phi) is 12.5. The molecule has 17 atom stereocenters. The largest absolute Gasteiger partial charge is 1.00 e. The summed E-state index contributed by atoms with van der Waals surface area (Å²) in [7, 11) is -5.04. The third-order valence-corrected chi connectivity index (χ3v) is 13.6. The Morgan fingerprint density at radius 2 is 1.52 bits per heavy atom. The molecule has 0 aromatic carbocycles. The molecule has 262 valence electrons. The van der Waals surface area contributed by atoms with Crippen molar-refractivity contribution < 1.29 is 86.8 Å². The zero-order chi connectivity index (χ0) is 33.2. The van der Waals surface area contributed by atoms with Crippen LogP contribution in [0.15, 0.2) is 0 Å². The normalized spacial score (nSPS) is 48.9. The van der Waals surface area contributed by atoms with Crippen molar-refractivity contribution in [2.75, 3.05) is 6.61 Å². The van der Waals surface area contributed by atoms with E-state index < -0.39 is 76.7 Å². The molecule has 14 heteroatoms. The summed E-state index contributed by atoms with van der Waals surface area (Å²) in [5.41, 5.74) is -0.809. The zero-order valence-corrected chi connectivity index (χ0v) is 31.0. The average molecular weight is 687 g/mol. The molecule has 5 fully saturated rings. The summed E-state index contributed by atoms with van der Waals surface area (Å²) in [6.07, 6.45) is -4.19. The van der Waals surface area contributed by atoms with E-state index >= 15 is 0 Å². The van der Waals surface area contributed by atoms with E-state index in [0.29, 0.717) is 38.5 Å². The molecular weight excluding hydrogens is 631 g/mol. The second kappa shape index (κ2) is 14.7. The molecule has 5 aliphatic rings. The molecule has 0 bridgehead atoms. The first-order valence-electron chi connectivity index (χ1n) is 16.9. The van der Waals surface area contributed by atoms with E-state index in [1.165, 1.54) is 0 Å². The molecule has 0 radical (unpaired) electrons. The Hall–Kier alpha value is 0.550. The van der Waals surface area contributed by atoms with Gasteiger partial charge in [0.1, 0.15) is 18.3 Å². The first kappa shape index (κ1) is 39.3.